The van der Waals surface area contributed by atoms with Crippen LogP contribution in [0, 0.1) is 0 Å². The quantitative estimate of drug-likeness (QED) is 0.507. The number of nitrogens with zero attached hydrogens (tertiary/aromatic N) is 1. The fourth-order valence-corrected chi connectivity index (χ4v) is 1.13. The number of likely N-dealkylation sites (tertiary alicyclic amines) is 1. The third-order valence-corrected chi connectivity index (χ3v) is 2.09. The van der Waals surface area contributed by atoms with Crippen LogP contribution in [0.15, 0.2) is 23.1 Å². The first-order chi connectivity index (χ1) is 6.13. The summed E-state index contributed by atoms with van der Waals surface area (Å²) in [5.41, 5.74) is 11.0. The van der Waals surface area contributed by atoms with Gasteiger partial charge in [-0.25, -0.2) is 0 Å². The Hall–Kier alpha value is -0.870. The molecule has 1 saturated heterocycles. The van der Waals surface area contributed by atoms with Gasteiger partial charge in [-0.3, -0.25) is 0 Å². The van der Waals surface area contributed by atoms with Crippen LogP contribution in [-0.2, 0) is 4.74 Å². The second-order valence-electron chi connectivity index (χ2n) is 2.91. The summed E-state index contributed by atoms with van der Waals surface area (Å²) in [6.45, 7) is 1.66. The van der Waals surface area contributed by atoms with Crippen molar-refractivity contribution in [3.8, 4) is 0 Å². The van der Waals surface area contributed by atoms with Crippen molar-refractivity contribution in [2.24, 2.45) is 11.5 Å². The Labute approximate surface area is 82.8 Å². The van der Waals surface area contributed by atoms with Gasteiger partial charge in [-0.1, -0.05) is 11.6 Å². The van der Waals surface area contributed by atoms with Crippen molar-refractivity contribution < 1.29 is 4.74 Å². The Morgan fingerprint density at radius 1 is 1.46 bits per heavy atom. The molecule has 0 aromatic heterocycles. The zero-order chi connectivity index (χ0) is 9.84. The Balaban J connectivity index is 2.38. The van der Waals surface area contributed by atoms with E-state index >= 15 is 0 Å². The van der Waals surface area contributed by atoms with E-state index < -0.39 is 0 Å². The first-order valence-corrected chi connectivity index (χ1v) is 4.37. The Bertz CT molecular complexity index is 230. The van der Waals surface area contributed by atoms with Crippen LogP contribution < -0.4 is 11.5 Å². The average molecular weight is 204 g/mol. The minimum absolute atomic E-state index is 0.228. The molecule has 1 fully saturated rings. The Morgan fingerprint density at radius 2 is 2.08 bits per heavy atom. The lowest BCUT2D eigenvalue weighted by Gasteiger charge is -2.39. The lowest BCUT2D eigenvalue weighted by molar-refractivity contribution is -0.0121. The third kappa shape index (κ3) is 2.82. The van der Waals surface area contributed by atoms with Crippen molar-refractivity contribution in [1.29, 1.82) is 0 Å². The zero-order valence-corrected chi connectivity index (χ0v) is 8.29. The highest BCUT2D eigenvalue weighted by atomic mass is 35.5. The van der Waals surface area contributed by atoms with Crippen molar-refractivity contribution >= 4 is 11.6 Å². The van der Waals surface area contributed by atoms with E-state index in [2.05, 4.69) is 0 Å². The molecule has 1 heterocycles. The molecular formula is C8H14ClN3O. The number of hydrogen-bond donors (Lipinski definition) is 2. The predicted octanol–water partition coefficient (Wildman–Crippen LogP) is 0.156. The molecule has 0 saturated carbocycles. The summed E-state index contributed by atoms with van der Waals surface area (Å²) in [6.07, 6.45) is 3.55. The molecule has 0 unspecified atom stereocenters. The van der Waals surface area contributed by atoms with E-state index in [-0.39, 0.29) is 5.16 Å². The average Bonchev–Trinajstić information content (AvgIpc) is 1.99. The van der Waals surface area contributed by atoms with Crippen molar-refractivity contribution in [3.05, 3.63) is 23.1 Å². The van der Waals surface area contributed by atoms with Gasteiger partial charge in [-0.2, -0.15) is 0 Å². The number of nitrogens with two attached hydrogens (primary N) is 2. The molecule has 1 rings (SSSR count). The van der Waals surface area contributed by atoms with Gasteiger partial charge in [0.15, 0.2) is 0 Å². The lowest BCUT2D eigenvalue weighted by Crippen LogP contribution is -2.52. The van der Waals surface area contributed by atoms with Crippen molar-refractivity contribution in [2.75, 3.05) is 20.2 Å². The summed E-state index contributed by atoms with van der Waals surface area (Å²) in [4.78, 5) is 1.99. The highest BCUT2D eigenvalue weighted by Gasteiger charge is 2.26. The van der Waals surface area contributed by atoms with Gasteiger partial charge in [0.1, 0.15) is 0 Å². The topological polar surface area (TPSA) is 64.5 Å². The molecule has 13 heavy (non-hydrogen) atoms. The number of ether oxygens (including phenoxy) is 1. The first-order valence-electron chi connectivity index (χ1n) is 3.99. The molecular weight excluding hydrogens is 190 g/mol. The fraction of sp³-hybridized carbons (Fsp3) is 0.500. The number of hydrogen-bond acceptors (Lipinski definition) is 4. The molecule has 4 N–H and O–H groups in total. The maximum atomic E-state index is 5.72. The molecule has 0 amide bonds. The largest absolute Gasteiger partial charge is 0.389 e. The predicted molar refractivity (Wildman–Crippen MR) is 52.8 cm³/mol. The third-order valence-electron chi connectivity index (χ3n) is 1.96. The van der Waals surface area contributed by atoms with Crippen LogP contribution in [0.5, 0.6) is 0 Å². The normalized spacial score (nSPS) is 20.3. The fourth-order valence-electron chi connectivity index (χ4n) is 1.07. The van der Waals surface area contributed by atoms with Crippen LogP contribution in [0.4, 0.5) is 0 Å². The van der Waals surface area contributed by atoms with E-state index in [1.807, 2.05) is 4.90 Å². The maximum Gasteiger partial charge on any atom is 0.0993 e. The van der Waals surface area contributed by atoms with Crippen molar-refractivity contribution in [2.45, 2.75) is 6.10 Å². The number of rotatable bonds is 3. The number of methoxy groups -OCH3 is 1. The van der Waals surface area contributed by atoms with Crippen molar-refractivity contribution in [1.82, 2.24) is 4.90 Å². The van der Waals surface area contributed by atoms with Crippen LogP contribution >= 0.6 is 11.6 Å². The van der Waals surface area contributed by atoms with E-state index in [1.54, 1.807) is 19.3 Å². The summed E-state index contributed by atoms with van der Waals surface area (Å²) in [7, 11) is 1.69. The SMILES string of the molecule is COC1CN(/C(N)=C/C=C(\N)Cl)C1. The molecule has 0 aliphatic carbocycles. The molecule has 0 aromatic rings. The molecule has 1 aliphatic rings. The van der Waals surface area contributed by atoms with Gasteiger partial charge in [0.2, 0.25) is 0 Å². The van der Waals surface area contributed by atoms with E-state index in [0.717, 1.165) is 13.1 Å². The smallest absolute Gasteiger partial charge is 0.0993 e. The van der Waals surface area contributed by atoms with E-state index in [9.17, 15) is 0 Å². The van der Waals surface area contributed by atoms with Gasteiger partial charge in [0, 0.05) is 20.2 Å². The number of allylic oxidation sites excluding steroid dienone is 2. The molecule has 5 heteroatoms. The molecule has 0 aromatic carbocycles. The van der Waals surface area contributed by atoms with Gasteiger partial charge < -0.3 is 21.1 Å². The molecule has 0 bridgehead atoms. The standard InChI is InChI=1S/C8H14ClN3O/c1-13-6-4-12(5-6)8(11)3-2-7(9)10/h2-3,6H,4-5,10-11H2,1H3/b7-2-,8-3+. The van der Waals surface area contributed by atoms with Gasteiger partial charge in [-0.15, -0.1) is 0 Å². The zero-order valence-electron chi connectivity index (χ0n) is 7.53. The van der Waals surface area contributed by atoms with E-state index in [4.69, 9.17) is 27.8 Å². The summed E-state index contributed by atoms with van der Waals surface area (Å²) in [6, 6.07) is 0. The van der Waals surface area contributed by atoms with E-state index in [0.29, 0.717) is 11.9 Å². The highest BCUT2D eigenvalue weighted by Crippen LogP contribution is 2.14. The Morgan fingerprint density at radius 3 is 2.54 bits per heavy atom. The van der Waals surface area contributed by atoms with Crippen LogP contribution in [0.1, 0.15) is 0 Å². The van der Waals surface area contributed by atoms with E-state index in [1.165, 1.54) is 0 Å². The van der Waals surface area contributed by atoms with Gasteiger partial charge in [0.05, 0.1) is 17.1 Å². The maximum absolute atomic E-state index is 5.72. The summed E-state index contributed by atoms with van der Waals surface area (Å²) >= 11 is 5.44. The summed E-state index contributed by atoms with van der Waals surface area (Å²) in [5, 5.41) is 0.228. The van der Waals surface area contributed by atoms with Gasteiger partial charge >= 0.3 is 0 Å². The highest BCUT2D eigenvalue weighted by molar-refractivity contribution is 6.29. The molecule has 0 radical (unpaired) electrons. The van der Waals surface area contributed by atoms with Crippen LogP contribution in [-0.4, -0.2) is 31.2 Å². The van der Waals surface area contributed by atoms with Crippen molar-refractivity contribution in [3.63, 3.8) is 0 Å². The minimum atomic E-state index is 0.228. The van der Waals surface area contributed by atoms with Crippen LogP contribution in [0.25, 0.3) is 0 Å². The van der Waals surface area contributed by atoms with Crippen LogP contribution in [0.2, 0.25) is 0 Å². The summed E-state index contributed by atoms with van der Waals surface area (Å²) < 4.78 is 5.10. The number of halogens is 1. The molecule has 4 nitrogen and oxygen atoms in total. The molecule has 0 spiro atoms. The second kappa shape index (κ2) is 4.39. The monoisotopic (exact) mass is 203 g/mol. The van der Waals surface area contributed by atoms with Crippen LogP contribution in [0.3, 0.4) is 0 Å². The molecule has 1 aliphatic heterocycles. The first kappa shape index (κ1) is 10.2. The lowest BCUT2D eigenvalue weighted by atomic mass is 10.2. The van der Waals surface area contributed by atoms with Gasteiger partial charge in [-0.05, 0) is 12.2 Å². The molecule has 74 valence electrons. The summed E-state index contributed by atoms with van der Waals surface area (Å²) in [5.74, 6) is 0.664. The second-order valence-corrected chi connectivity index (χ2v) is 3.34. The Kier molecular flexibility index (Phi) is 3.45. The van der Waals surface area contributed by atoms with Gasteiger partial charge in [0.25, 0.3) is 0 Å². The molecule has 0 atom stereocenters. The minimum Gasteiger partial charge on any atom is -0.389 e.